The van der Waals surface area contributed by atoms with E-state index in [0.717, 1.165) is 33.5 Å². The lowest BCUT2D eigenvalue weighted by atomic mass is 10.0. The van der Waals surface area contributed by atoms with Crippen molar-refractivity contribution < 1.29 is 4.79 Å². The average molecular weight is 368 g/mol. The van der Waals surface area contributed by atoms with Crippen molar-refractivity contribution in [2.24, 2.45) is 0 Å². The summed E-state index contributed by atoms with van der Waals surface area (Å²) in [6.45, 7) is 4.25. The predicted molar refractivity (Wildman–Crippen MR) is 110 cm³/mol. The Kier molecular flexibility index (Phi) is 4.81. The van der Waals surface area contributed by atoms with Crippen molar-refractivity contribution in [1.29, 1.82) is 0 Å². The summed E-state index contributed by atoms with van der Waals surface area (Å²) in [5, 5.41) is 3.77. The highest BCUT2D eigenvalue weighted by Gasteiger charge is 2.14. The van der Waals surface area contributed by atoms with E-state index in [1.165, 1.54) is 5.56 Å². The van der Waals surface area contributed by atoms with Crippen LogP contribution in [0, 0.1) is 13.8 Å². The molecule has 2 aromatic carbocycles. The third kappa shape index (κ3) is 3.74. The van der Waals surface area contributed by atoms with E-state index in [1.807, 2.05) is 68.4 Å². The summed E-state index contributed by atoms with van der Waals surface area (Å²) in [5.74, 6) is -0.158. The van der Waals surface area contributed by atoms with Crippen LogP contribution in [-0.4, -0.2) is 20.9 Å². The van der Waals surface area contributed by atoms with Crippen LogP contribution in [-0.2, 0) is 6.54 Å². The standard InChI is InChI=1S/C23H20N4O/c1-15-7-9-17(10-8-15)22-11-20(19-5-3-4-6-21(19)27-22)23(28)26-14-18-13-24-16(2)12-25-18/h3-13H,14H2,1-2H3,(H,26,28). The molecule has 0 bridgehead atoms. The van der Waals surface area contributed by atoms with Gasteiger partial charge in [-0.05, 0) is 26.0 Å². The van der Waals surface area contributed by atoms with E-state index in [4.69, 9.17) is 4.98 Å². The largest absolute Gasteiger partial charge is 0.346 e. The number of fused-ring (bicyclic) bond motifs is 1. The molecule has 0 spiro atoms. The van der Waals surface area contributed by atoms with Crippen molar-refractivity contribution in [2.75, 3.05) is 0 Å². The van der Waals surface area contributed by atoms with E-state index in [9.17, 15) is 4.79 Å². The molecule has 1 amide bonds. The van der Waals surface area contributed by atoms with Gasteiger partial charge in [-0.15, -0.1) is 0 Å². The predicted octanol–water partition coefficient (Wildman–Crippen LogP) is 4.24. The lowest BCUT2D eigenvalue weighted by Gasteiger charge is -2.11. The smallest absolute Gasteiger partial charge is 0.252 e. The van der Waals surface area contributed by atoms with Crippen LogP contribution in [0.15, 0.2) is 67.0 Å². The lowest BCUT2D eigenvalue weighted by Crippen LogP contribution is -2.24. The summed E-state index contributed by atoms with van der Waals surface area (Å²) in [4.78, 5) is 26.2. The van der Waals surface area contributed by atoms with Gasteiger partial charge in [0.05, 0.1) is 40.9 Å². The van der Waals surface area contributed by atoms with E-state index < -0.39 is 0 Å². The minimum atomic E-state index is -0.158. The SMILES string of the molecule is Cc1ccc(-c2cc(C(=O)NCc3cnc(C)cn3)c3ccccc3n2)cc1. The third-order valence-corrected chi connectivity index (χ3v) is 4.57. The Morgan fingerprint density at radius 3 is 2.50 bits per heavy atom. The third-order valence-electron chi connectivity index (χ3n) is 4.57. The van der Waals surface area contributed by atoms with Gasteiger partial charge in [0.15, 0.2) is 0 Å². The topological polar surface area (TPSA) is 67.8 Å². The molecule has 2 heterocycles. The second-order valence-corrected chi connectivity index (χ2v) is 6.77. The van der Waals surface area contributed by atoms with E-state index in [1.54, 1.807) is 12.4 Å². The molecule has 0 aliphatic carbocycles. The Balaban J connectivity index is 1.69. The molecule has 0 unspecified atom stereocenters. The number of nitrogens with one attached hydrogen (secondary N) is 1. The molecule has 1 N–H and O–H groups in total. The molecule has 4 rings (SSSR count). The second kappa shape index (κ2) is 7.56. The van der Waals surface area contributed by atoms with Crippen LogP contribution in [0.1, 0.15) is 27.3 Å². The summed E-state index contributed by atoms with van der Waals surface area (Å²) in [7, 11) is 0. The Morgan fingerprint density at radius 1 is 0.964 bits per heavy atom. The van der Waals surface area contributed by atoms with Crippen molar-refractivity contribution in [3.8, 4) is 11.3 Å². The summed E-state index contributed by atoms with van der Waals surface area (Å²) < 4.78 is 0. The number of para-hydroxylation sites is 1. The van der Waals surface area contributed by atoms with Gasteiger partial charge in [-0.1, -0.05) is 48.0 Å². The van der Waals surface area contributed by atoms with Crippen molar-refractivity contribution in [3.63, 3.8) is 0 Å². The molecule has 5 nitrogen and oxygen atoms in total. The maximum absolute atomic E-state index is 12.9. The molecule has 138 valence electrons. The van der Waals surface area contributed by atoms with Crippen molar-refractivity contribution in [2.45, 2.75) is 20.4 Å². The van der Waals surface area contributed by atoms with Gasteiger partial charge in [-0.25, -0.2) is 4.98 Å². The zero-order valence-corrected chi connectivity index (χ0v) is 15.8. The molecule has 0 atom stereocenters. The van der Waals surface area contributed by atoms with Gasteiger partial charge in [-0.3, -0.25) is 14.8 Å². The summed E-state index contributed by atoms with van der Waals surface area (Å²) in [6, 6.07) is 17.7. The van der Waals surface area contributed by atoms with E-state index in [-0.39, 0.29) is 5.91 Å². The zero-order valence-electron chi connectivity index (χ0n) is 15.8. The fraction of sp³-hybridized carbons (Fsp3) is 0.130. The highest BCUT2D eigenvalue weighted by atomic mass is 16.1. The highest BCUT2D eigenvalue weighted by Crippen LogP contribution is 2.25. The number of rotatable bonds is 4. The maximum Gasteiger partial charge on any atom is 0.252 e. The molecule has 28 heavy (non-hydrogen) atoms. The number of carbonyl (C=O) groups is 1. The molecule has 0 radical (unpaired) electrons. The van der Waals surface area contributed by atoms with Crippen LogP contribution in [0.5, 0.6) is 0 Å². The number of benzene rings is 2. The fourth-order valence-corrected chi connectivity index (χ4v) is 3.01. The molecule has 4 aromatic rings. The van der Waals surface area contributed by atoms with Gasteiger partial charge in [-0.2, -0.15) is 0 Å². The number of aryl methyl sites for hydroxylation is 2. The van der Waals surface area contributed by atoms with Crippen LogP contribution in [0.2, 0.25) is 0 Å². The molecule has 0 saturated heterocycles. The summed E-state index contributed by atoms with van der Waals surface area (Å²) in [6.07, 6.45) is 3.37. The summed E-state index contributed by atoms with van der Waals surface area (Å²) in [5.41, 5.74) is 5.90. The molecule has 0 saturated carbocycles. The quantitative estimate of drug-likeness (QED) is 0.585. The second-order valence-electron chi connectivity index (χ2n) is 6.77. The van der Waals surface area contributed by atoms with Gasteiger partial charge < -0.3 is 5.32 Å². The Labute approximate surface area is 163 Å². The minimum absolute atomic E-state index is 0.158. The number of aromatic nitrogens is 3. The minimum Gasteiger partial charge on any atom is -0.346 e. The first kappa shape index (κ1) is 17.8. The van der Waals surface area contributed by atoms with Crippen LogP contribution in [0.25, 0.3) is 22.2 Å². The van der Waals surface area contributed by atoms with Gasteiger partial charge in [0.25, 0.3) is 5.91 Å². The molecule has 5 heteroatoms. The zero-order chi connectivity index (χ0) is 19.5. The van der Waals surface area contributed by atoms with Crippen LogP contribution >= 0.6 is 0 Å². The number of pyridine rings is 1. The van der Waals surface area contributed by atoms with E-state index in [0.29, 0.717) is 12.1 Å². The first-order chi connectivity index (χ1) is 13.6. The first-order valence-corrected chi connectivity index (χ1v) is 9.13. The number of carbonyl (C=O) groups excluding carboxylic acids is 1. The molecule has 0 fully saturated rings. The lowest BCUT2D eigenvalue weighted by molar-refractivity contribution is 0.0952. The number of hydrogen-bond donors (Lipinski definition) is 1. The van der Waals surface area contributed by atoms with Gasteiger partial charge in [0.1, 0.15) is 0 Å². The van der Waals surface area contributed by atoms with E-state index >= 15 is 0 Å². The molecular formula is C23H20N4O. The monoisotopic (exact) mass is 368 g/mol. The number of hydrogen-bond acceptors (Lipinski definition) is 4. The molecule has 2 aromatic heterocycles. The fourth-order valence-electron chi connectivity index (χ4n) is 3.01. The average Bonchev–Trinajstić information content (AvgIpc) is 2.73. The van der Waals surface area contributed by atoms with Gasteiger partial charge in [0.2, 0.25) is 0 Å². The van der Waals surface area contributed by atoms with Crippen LogP contribution < -0.4 is 5.32 Å². The number of amides is 1. The molecular weight excluding hydrogens is 348 g/mol. The molecule has 0 aliphatic rings. The van der Waals surface area contributed by atoms with Crippen LogP contribution in [0.3, 0.4) is 0 Å². The van der Waals surface area contributed by atoms with Gasteiger partial charge >= 0.3 is 0 Å². The normalized spacial score (nSPS) is 10.8. The number of nitrogens with zero attached hydrogens (tertiary/aromatic N) is 3. The Bertz CT molecular complexity index is 1140. The van der Waals surface area contributed by atoms with Gasteiger partial charge in [0, 0.05) is 17.1 Å². The van der Waals surface area contributed by atoms with E-state index in [2.05, 4.69) is 15.3 Å². The van der Waals surface area contributed by atoms with Crippen LogP contribution in [0.4, 0.5) is 0 Å². The first-order valence-electron chi connectivity index (χ1n) is 9.13. The maximum atomic E-state index is 12.9. The molecule has 0 aliphatic heterocycles. The Morgan fingerprint density at radius 2 is 1.75 bits per heavy atom. The van der Waals surface area contributed by atoms with Crippen molar-refractivity contribution in [1.82, 2.24) is 20.3 Å². The van der Waals surface area contributed by atoms with Crippen molar-refractivity contribution >= 4 is 16.8 Å². The van der Waals surface area contributed by atoms with Crippen molar-refractivity contribution in [3.05, 3.63) is 89.5 Å². The Hall–Kier alpha value is -3.60. The highest BCUT2D eigenvalue weighted by molar-refractivity contribution is 6.07. The summed E-state index contributed by atoms with van der Waals surface area (Å²) >= 11 is 0.